The van der Waals surface area contributed by atoms with Crippen LogP contribution in [0.5, 0.6) is 0 Å². The summed E-state index contributed by atoms with van der Waals surface area (Å²) in [7, 11) is 1.76. The van der Waals surface area contributed by atoms with Crippen LogP contribution in [0.15, 0.2) is 24.3 Å². The summed E-state index contributed by atoms with van der Waals surface area (Å²) >= 11 is 0. The van der Waals surface area contributed by atoms with Crippen molar-refractivity contribution in [1.82, 2.24) is 9.47 Å². The minimum Gasteiger partial charge on any atom is -0.480 e. The van der Waals surface area contributed by atoms with E-state index < -0.39 is 5.97 Å². The Morgan fingerprint density at radius 1 is 1.35 bits per heavy atom. The van der Waals surface area contributed by atoms with E-state index in [9.17, 15) is 9.59 Å². The third kappa shape index (κ3) is 1.86. The number of carboxylic acids is 1. The van der Waals surface area contributed by atoms with Gasteiger partial charge in [-0.3, -0.25) is 9.59 Å². The van der Waals surface area contributed by atoms with Gasteiger partial charge in [-0.2, -0.15) is 0 Å². The van der Waals surface area contributed by atoms with E-state index in [4.69, 9.17) is 5.11 Å². The number of hydrogen-bond acceptors (Lipinski definition) is 2. The highest BCUT2D eigenvalue weighted by molar-refractivity contribution is 6.02. The maximum Gasteiger partial charge on any atom is 0.323 e. The van der Waals surface area contributed by atoms with Crippen LogP contribution in [-0.2, 0) is 17.8 Å². The molecule has 1 N–H and O–H groups in total. The van der Waals surface area contributed by atoms with E-state index in [1.54, 1.807) is 16.5 Å². The Hall–Kier alpha value is -2.30. The van der Waals surface area contributed by atoms with E-state index in [-0.39, 0.29) is 12.5 Å². The maximum absolute atomic E-state index is 12.5. The molecule has 0 unspecified atom stereocenters. The molecular weight excluding hydrogens is 256 g/mol. The summed E-state index contributed by atoms with van der Waals surface area (Å²) in [5.41, 5.74) is 2.34. The number of carbonyl (C=O) groups excluding carboxylic acids is 1. The molecule has 5 heteroatoms. The van der Waals surface area contributed by atoms with Crippen LogP contribution >= 0.6 is 0 Å². The highest BCUT2D eigenvalue weighted by Crippen LogP contribution is 2.30. The van der Waals surface area contributed by atoms with Gasteiger partial charge in [0.15, 0.2) is 0 Å². The number of benzene rings is 1. The fourth-order valence-corrected chi connectivity index (χ4v) is 2.95. The summed E-state index contributed by atoms with van der Waals surface area (Å²) in [5.74, 6) is -1.02. The number of para-hydroxylation sites is 1. The van der Waals surface area contributed by atoms with E-state index >= 15 is 0 Å². The molecule has 0 aliphatic carbocycles. The second-order valence-corrected chi connectivity index (χ2v) is 5.15. The smallest absolute Gasteiger partial charge is 0.323 e. The number of carbonyl (C=O) groups is 2. The van der Waals surface area contributed by atoms with Crippen LogP contribution in [0.3, 0.4) is 0 Å². The number of fused-ring (bicyclic) bond motifs is 3. The zero-order chi connectivity index (χ0) is 14.3. The average molecular weight is 272 g/mol. The molecule has 20 heavy (non-hydrogen) atoms. The Balaban J connectivity index is 2.32. The third-order valence-corrected chi connectivity index (χ3v) is 3.84. The molecule has 0 spiro atoms. The Morgan fingerprint density at radius 2 is 2.10 bits per heavy atom. The number of carboxylic acid groups (broad SMARTS) is 1. The first kappa shape index (κ1) is 12.7. The van der Waals surface area contributed by atoms with Crippen LogP contribution < -0.4 is 0 Å². The molecular formula is C15H16N2O3. The number of nitrogens with zero attached hydrogens (tertiary/aromatic N) is 2. The lowest BCUT2D eigenvalue weighted by molar-refractivity contribution is -0.137. The van der Waals surface area contributed by atoms with Gasteiger partial charge >= 0.3 is 5.97 Å². The van der Waals surface area contributed by atoms with Gasteiger partial charge in [0.05, 0.1) is 0 Å². The number of aryl methyl sites for hydroxylation is 1. The molecule has 0 bridgehead atoms. The molecule has 0 saturated carbocycles. The molecule has 0 atom stereocenters. The zero-order valence-electron chi connectivity index (χ0n) is 11.3. The number of hydrogen-bond donors (Lipinski definition) is 1. The molecule has 1 aliphatic heterocycles. The van der Waals surface area contributed by atoms with Crippen LogP contribution in [0, 0.1) is 0 Å². The van der Waals surface area contributed by atoms with Crippen LogP contribution in [0.1, 0.15) is 22.5 Å². The monoisotopic (exact) mass is 272 g/mol. The molecule has 0 radical (unpaired) electrons. The van der Waals surface area contributed by atoms with Crippen molar-refractivity contribution < 1.29 is 14.7 Å². The minimum absolute atomic E-state index is 0.0880. The Labute approximate surface area is 116 Å². The van der Waals surface area contributed by atoms with Crippen molar-refractivity contribution in [3.05, 3.63) is 35.5 Å². The van der Waals surface area contributed by atoms with Gasteiger partial charge in [0.25, 0.3) is 5.91 Å². The molecule has 1 aromatic heterocycles. The zero-order valence-corrected chi connectivity index (χ0v) is 11.3. The van der Waals surface area contributed by atoms with Crippen molar-refractivity contribution >= 4 is 22.8 Å². The fraction of sp³-hybridized carbons (Fsp3) is 0.333. The third-order valence-electron chi connectivity index (χ3n) is 3.84. The van der Waals surface area contributed by atoms with E-state index in [1.807, 2.05) is 24.3 Å². The van der Waals surface area contributed by atoms with Crippen LogP contribution in [0.2, 0.25) is 0 Å². The normalized spacial score (nSPS) is 15.2. The summed E-state index contributed by atoms with van der Waals surface area (Å²) in [6, 6.07) is 7.63. The Morgan fingerprint density at radius 3 is 2.85 bits per heavy atom. The molecule has 1 amide bonds. The van der Waals surface area contributed by atoms with Gasteiger partial charge in [0, 0.05) is 24.5 Å². The standard InChI is InChI=1S/C15H16N2O3/c1-16-8-4-6-11-10-5-2-3-7-12(10)17(9-13(18)19)14(11)15(16)20/h2-3,5,7H,4,6,8-9H2,1H3,(H,18,19). The highest BCUT2D eigenvalue weighted by atomic mass is 16.4. The second-order valence-electron chi connectivity index (χ2n) is 5.15. The predicted molar refractivity (Wildman–Crippen MR) is 74.9 cm³/mol. The molecule has 2 aromatic rings. The SMILES string of the molecule is CN1CCCc2c(n(CC(=O)O)c3ccccc23)C1=O. The lowest BCUT2D eigenvalue weighted by Crippen LogP contribution is -2.29. The second kappa shape index (κ2) is 4.67. The lowest BCUT2D eigenvalue weighted by atomic mass is 10.1. The first-order valence-corrected chi connectivity index (χ1v) is 6.67. The minimum atomic E-state index is -0.937. The number of aliphatic carboxylic acids is 1. The van der Waals surface area contributed by atoms with Crippen molar-refractivity contribution in [1.29, 1.82) is 0 Å². The number of rotatable bonds is 2. The van der Waals surface area contributed by atoms with E-state index in [1.165, 1.54) is 0 Å². The van der Waals surface area contributed by atoms with Crippen molar-refractivity contribution in [3.8, 4) is 0 Å². The van der Waals surface area contributed by atoms with Crippen LogP contribution in [-0.4, -0.2) is 40.0 Å². The highest BCUT2D eigenvalue weighted by Gasteiger charge is 2.27. The number of aromatic nitrogens is 1. The first-order valence-electron chi connectivity index (χ1n) is 6.67. The van der Waals surface area contributed by atoms with E-state index in [0.29, 0.717) is 12.2 Å². The van der Waals surface area contributed by atoms with Crippen molar-refractivity contribution in [2.45, 2.75) is 19.4 Å². The predicted octanol–water partition coefficient (Wildman–Crippen LogP) is 1.74. The molecule has 0 saturated heterocycles. The molecule has 5 nitrogen and oxygen atoms in total. The topological polar surface area (TPSA) is 62.5 Å². The molecule has 104 valence electrons. The Bertz CT molecular complexity index is 702. The average Bonchev–Trinajstić information content (AvgIpc) is 2.63. The summed E-state index contributed by atoms with van der Waals surface area (Å²) < 4.78 is 1.64. The Kier molecular flexibility index (Phi) is 2.97. The fourth-order valence-electron chi connectivity index (χ4n) is 2.95. The van der Waals surface area contributed by atoms with Crippen LogP contribution in [0.25, 0.3) is 10.9 Å². The molecule has 3 rings (SSSR count). The molecule has 2 heterocycles. The quantitative estimate of drug-likeness (QED) is 0.905. The van der Waals surface area contributed by atoms with Crippen molar-refractivity contribution in [2.75, 3.05) is 13.6 Å². The van der Waals surface area contributed by atoms with Crippen molar-refractivity contribution in [2.24, 2.45) is 0 Å². The molecule has 1 aromatic carbocycles. The summed E-state index contributed by atoms with van der Waals surface area (Å²) in [4.78, 5) is 25.3. The van der Waals surface area contributed by atoms with E-state index in [2.05, 4.69) is 0 Å². The van der Waals surface area contributed by atoms with Gasteiger partial charge in [-0.1, -0.05) is 18.2 Å². The summed E-state index contributed by atoms with van der Waals surface area (Å²) in [6.07, 6.45) is 1.70. The van der Waals surface area contributed by atoms with Gasteiger partial charge in [0.2, 0.25) is 0 Å². The summed E-state index contributed by atoms with van der Waals surface area (Å²) in [6.45, 7) is 0.518. The molecule has 0 fully saturated rings. The van der Waals surface area contributed by atoms with Gasteiger partial charge in [-0.05, 0) is 24.5 Å². The van der Waals surface area contributed by atoms with Gasteiger partial charge in [-0.15, -0.1) is 0 Å². The van der Waals surface area contributed by atoms with Crippen LogP contribution in [0.4, 0.5) is 0 Å². The van der Waals surface area contributed by atoms with Gasteiger partial charge < -0.3 is 14.6 Å². The maximum atomic E-state index is 12.5. The van der Waals surface area contributed by atoms with E-state index in [0.717, 1.165) is 29.3 Å². The first-order chi connectivity index (χ1) is 9.59. The lowest BCUT2D eigenvalue weighted by Gasteiger charge is -2.15. The number of amides is 1. The van der Waals surface area contributed by atoms with Gasteiger partial charge in [-0.25, -0.2) is 0 Å². The largest absolute Gasteiger partial charge is 0.480 e. The summed E-state index contributed by atoms with van der Waals surface area (Å²) in [5, 5.41) is 10.1. The molecule has 1 aliphatic rings. The van der Waals surface area contributed by atoms with Gasteiger partial charge in [0.1, 0.15) is 12.2 Å². The van der Waals surface area contributed by atoms with Crippen molar-refractivity contribution in [3.63, 3.8) is 0 Å².